The van der Waals surface area contributed by atoms with Crippen LogP contribution < -0.4 is 4.74 Å². The molecule has 0 atom stereocenters. The fourth-order valence-electron chi connectivity index (χ4n) is 0.770. The molecule has 0 unspecified atom stereocenters. The van der Waals surface area contributed by atoms with Gasteiger partial charge in [0.15, 0.2) is 11.5 Å². The Bertz CT molecular complexity index is 312. The molecular formula is C8H8BrNO2. The van der Waals surface area contributed by atoms with Gasteiger partial charge in [-0.3, -0.25) is 4.79 Å². The van der Waals surface area contributed by atoms with Crippen LogP contribution in [0.1, 0.15) is 17.4 Å². The molecule has 3 nitrogen and oxygen atoms in total. The van der Waals surface area contributed by atoms with Crippen molar-refractivity contribution in [2.24, 2.45) is 0 Å². The number of hydrogen-bond acceptors (Lipinski definition) is 3. The van der Waals surface area contributed by atoms with Crippen LogP contribution in [0.4, 0.5) is 0 Å². The molecule has 64 valence electrons. The topological polar surface area (TPSA) is 39.2 Å². The number of carbonyl (C=O) groups is 1. The Balaban J connectivity index is 3.10. The predicted octanol–water partition coefficient (Wildman–Crippen LogP) is 2.06. The molecule has 1 rings (SSSR count). The fraction of sp³-hybridized carbons (Fsp3) is 0.250. The van der Waals surface area contributed by atoms with Crippen molar-refractivity contribution >= 4 is 21.7 Å². The van der Waals surface area contributed by atoms with Gasteiger partial charge in [-0.1, -0.05) is 0 Å². The second-order valence-corrected chi connectivity index (χ2v) is 3.00. The van der Waals surface area contributed by atoms with Crippen molar-refractivity contribution in [3.8, 4) is 5.75 Å². The molecule has 1 aromatic rings. The van der Waals surface area contributed by atoms with Crippen molar-refractivity contribution < 1.29 is 9.53 Å². The smallest absolute Gasteiger partial charge is 0.178 e. The fourth-order valence-corrected chi connectivity index (χ4v) is 1.25. The third-order valence-corrected chi connectivity index (χ3v) is 1.96. The van der Waals surface area contributed by atoms with Crippen LogP contribution in [-0.4, -0.2) is 17.9 Å². The van der Waals surface area contributed by atoms with Gasteiger partial charge in [0.1, 0.15) is 10.3 Å². The van der Waals surface area contributed by atoms with Gasteiger partial charge in [-0.15, -0.1) is 0 Å². The second-order valence-electron chi connectivity index (χ2n) is 2.25. The van der Waals surface area contributed by atoms with Crippen molar-refractivity contribution in [3.05, 3.63) is 22.4 Å². The summed E-state index contributed by atoms with van der Waals surface area (Å²) in [7, 11) is 1.55. The van der Waals surface area contributed by atoms with Gasteiger partial charge in [0.2, 0.25) is 0 Å². The predicted molar refractivity (Wildman–Crippen MR) is 48.5 cm³/mol. The summed E-state index contributed by atoms with van der Waals surface area (Å²) in [6.45, 7) is 1.47. The molecule has 0 aliphatic rings. The second kappa shape index (κ2) is 3.67. The molecule has 0 saturated heterocycles. The number of ketones is 1. The minimum atomic E-state index is -0.0571. The molecule has 0 spiro atoms. The summed E-state index contributed by atoms with van der Waals surface area (Å²) in [6.07, 6.45) is 0. The highest BCUT2D eigenvalue weighted by Crippen LogP contribution is 2.21. The lowest BCUT2D eigenvalue weighted by Gasteiger charge is -2.02. The maximum atomic E-state index is 10.9. The van der Waals surface area contributed by atoms with Crippen molar-refractivity contribution in [2.75, 3.05) is 7.11 Å². The summed E-state index contributed by atoms with van der Waals surface area (Å²) >= 11 is 3.19. The standard InChI is InChI=1S/C8H8BrNO2/c1-5(11)6-3-4-7(12-2)8(9)10-6/h3-4H,1-2H3. The molecule has 0 fully saturated rings. The third kappa shape index (κ3) is 1.82. The first kappa shape index (κ1) is 9.19. The van der Waals surface area contributed by atoms with Crippen LogP contribution in [0.2, 0.25) is 0 Å². The maximum Gasteiger partial charge on any atom is 0.178 e. The van der Waals surface area contributed by atoms with Crippen LogP contribution in [0.3, 0.4) is 0 Å². The minimum absolute atomic E-state index is 0.0571. The highest BCUT2D eigenvalue weighted by atomic mass is 79.9. The number of hydrogen-bond donors (Lipinski definition) is 0. The number of aromatic nitrogens is 1. The molecule has 0 bridgehead atoms. The molecule has 0 N–H and O–H groups in total. The molecule has 0 aliphatic heterocycles. The van der Waals surface area contributed by atoms with E-state index in [1.165, 1.54) is 6.92 Å². The van der Waals surface area contributed by atoms with E-state index in [0.29, 0.717) is 16.0 Å². The molecule has 12 heavy (non-hydrogen) atoms. The lowest BCUT2D eigenvalue weighted by atomic mass is 10.3. The van der Waals surface area contributed by atoms with Crippen molar-refractivity contribution in [1.82, 2.24) is 4.98 Å². The Kier molecular flexibility index (Phi) is 2.81. The Morgan fingerprint density at radius 3 is 2.67 bits per heavy atom. The molecule has 0 amide bonds. The van der Waals surface area contributed by atoms with Crippen LogP contribution >= 0.6 is 15.9 Å². The van der Waals surface area contributed by atoms with E-state index in [1.807, 2.05) is 0 Å². The quantitative estimate of drug-likeness (QED) is 0.576. The zero-order chi connectivity index (χ0) is 9.14. The number of methoxy groups -OCH3 is 1. The number of rotatable bonds is 2. The Morgan fingerprint density at radius 1 is 1.58 bits per heavy atom. The monoisotopic (exact) mass is 229 g/mol. The first-order valence-corrected chi connectivity index (χ1v) is 4.16. The molecule has 0 aliphatic carbocycles. The van der Waals surface area contributed by atoms with E-state index in [4.69, 9.17) is 4.74 Å². The zero-order valence-electron chi connectivity index (χ0n) is 6.80. The molecule has 0 radical (unpaired) electrons. The lowest BCUT2D eigenvalue weighted by molar-refractivity contribution is 0.101. The van der Waals surface area contributed by atoms with Gasteiger partial charge in [-0.05, 0) is 28.1 Å². The molecular weight excluding hydrogens is 222 g/mol. The zero-order valence-corrected chi connectivity index (χ0v) is 8.38. The van der Waals surface area contributed by atoms with Crippen molar-refractivity contribution in [1.29, 1.82) is 0 Å². The van der Waals surface area contributed by atoms with Crippen LogP contribution in [-0.2, 0) is 0 Å². The molecule has 1 heterocycles. The summed E-state index contributed by atoms with van der Waals surface area (Å²) < 4.78 is 5.51. The number of halogens is 1. The van der Waals surface area contributed by atoms with E-state index >= 15 is 0 Å². The SMILES string of the molecule is COc1ccc(C(C)=O)nc1Br. The number of pyridine rings is 1. The highest BCUT2D eigenvalue weighted by molar-refractivity contribution is 9.10. The third-order valence-electron chi connectivity index (χ3n) is 1.40. The van der Waals surface area contributed by atoms with Crippen LogP contribution in [0.5, 0.6) is 5.75 Å². The highest BCUT2D eigenvalue weighted by Gasteiger charge is 2.05. The Morgan fingerprint density at radius 2 is 2.25 bits per heavy atom. The summed E-state index contributed by atoms with van der Waals surface area (Å²) in [6, 6.07) is 3.33. The first-order chi connectivity index (χ1) is 5.65. The van der Waals surface area contributed by atoms with E-state index in [9.17, 15) is 4.79 Å². The Hall–Kier alpha value is -0.900. The minimum Gasteiger partial charge on any atom is -0.494 e. The van der Waals surface area contributed by atoms with Crippen molar-refractivity contribution in [3.63, 3.8) is 0 Å². The van der Waals surface area contributed by atoms with Gasteiger partial charge in [-0.2, -0.15) is 0 Å². The van der Waals surface area contributed by atoms with Gasteiger partial charge in [0.25, 0.3) is 0 Å². The van der Waals surface area contributed by atoms with Gasteiger partial charge >= 0.3 is 0 Å². The average Bonchev–Trinajstić information content (AvgIpc) is 2.04. The maximum absolute atomic E-state index is 10.9. The lowest BCUT2D eigenvalue weighted by Crippen LogP contribution is -1.97. The van der Waals surface area contributed by atoms with Crippen LogP contribution in [0.25, 0.3) is 0 Å². The summed E-state index contributed by atoms with van der Waals surface area (Å²) in [5.74, 6) is 0.568. The van der Waals surface area contributed by atoms with E-state index in [1.54, 1.807) is 19.2 Å². The van der Waals surface area contributed by atoms with Crippen LogP contribution in [0.15, 0.2) is 16.7 Å². The number of Topliss-reactive ketones (excluding diaryl/α,β-unsaturated/α-hetero) is 1. The number of ether oxygens (including phenoxy) is 1. The van der Waals surface area contributed by atoms with Crippen molar-refractivity contribution in [2.45, 2.75) is 6.92 Å². The van der Waals surface area contributed by atoms with Gasteiger partial charge in [-0.25, -0.2) is 4.98 Å². The average molecular weight is 230 g/mol. The molecule has 1 aromatic heterocycles. The summed E-state index contributed by atoms with van der Waals surface area (Å²) in [5.41, 5.74) is 0.433. The van der Waals surface area contributed by atoms with Gasteiger partial charge < -0.3 is 4.74 Å². The van der Waals surface area contributed by atoms with E-state index in [2.05, 4.69) is 20.9 Å². The van der Waals surface area contributed by atoms with Gasteiger partial charge in [0, 0.05) is 6.92 Å². The van der Waals surface area contributed by atoms with Crippen LogP contribution in [0, 0.1) is 0 Å². The largest absolute Gasteiger partial charge is 0.494 e. The molecule has 0 saturated carbocycles. The summed E-state index contributed by atoms with van der Waals surface area (Å²) in [4.78, 5) is 14.9. The normalized spacial score (nSPS) is 9.58. The van der Waals surface area contributed by atoms with E-state index < -0.39 is 0 Å². The summed E-state index contributed by atoms with van der Waals surface area (Å²) in [5, 5.41) is 0. The number of carbonyl (C=O) groups excluding carboxylic acids is 1. The first-order valence-electron chi connectivity index (χ1n) is 3.36. The van der Waals surface area contributed by atoms with Gasteiger partial charge in [0.05, 0.1) is 7.11 Å². The molecule has 4 heteroatoms. The van der Waals surface area contributed by atoms with E-state index in [-0.39, 0.29) is 5.78 Å². The Labute approximate surface area is 78.9 Å². The molecule has 0 aromatic carbocycles. The number of nitrogens with zero attached hydrogens (tertiary/aromatic N) is 1. The van der Waals surface area contributed by atoms with E-state index in [0.717, 1.165) is 0 Å².